The standard InChI is InChI=1S/C7H10F5NOS/c1-5(2,3)4-13-15(14)7(11,12)6(8,9)10/h4H,1-3H3/b13-4+. The quantitative estimate of drug-likeness (QED) is 0.548. The smallest absolute Gasteiger partial charge is 0.228 e. The van der Waals surface area contributed by atoms with Gasteiger partial charge in [-0.25, -0.2) is 4.21 Å². The fourth-order valence-corrected chi connectivity index (χ4v) is 1.11. The molecular formula is C7H10F5NOS. The van der Waals surface area contributed by atoms with Crippen LogP contribution in [0.15, 0.2) is 4.40 Å². The molecule has 0 aromatic heterocycles. The van der Waals surface area contributed by atoms with Gasteiger partial charge in [0.1, 0.15) is 0 Å². The summed E-state index contributed by atoms with van der Waals surface area (Å²) in [5.74, 6) is 0. The maximum atomic E-state index is 12.4. The predicted octanol–water partition coefficient (Wildman–Crippen LogP) is 2.92. The molecule has 0 aliphatic rings. The van der Waals surface area contributed by atoms with Crippen LogP contribution in [0.5, 0.6) is 0 Å². The first-order valence-electron chi connectivity index (χ1n) is 3.80. The van der Waals surface area contributed by atoms with E-state index in [1.807, 2.05) is 0 Å². The number of alkyl halides is 5. The first-order chi connectivity index (χ1) is 6.38. The first-order valence-corrected chi connectivity index (χ1v) is 4.90. The molecule has 0 saturated carbocycles. The zero-order valence-corrected chi connectivity index (χ0v) is 9.05. The Morgan fingerprint density at radius 2 is 1.47 bits per heavy atom. The van der Waals surface area contributed by atoms with Gasteiger partial charge in [-0.3, -0.25) is 0 Å². The summed E-state index contributed by atoms with van der Waals surface area (Å²) in [6, 6.07) is 0. The molecule has 0 rings (SSSR count). The Balaban J connectivity index is 4.82. The molecule has 8 heteroatoms. The number of hydrogen-bond acceptors (Lipinski definition) is 1. The van der Waals surface area contributed by atoms with Crippen LogP contribution < -0.4 is 0 Å². The molecule has 0 aliphatic carbocycles. The van der Waals surface area contributed by atoms with Crippen molar-refractivity contribution >= 4 is 17.2 Å². The van der Waals surface area contributed by atoms with Gasteiger partial charge in [0, 0.05) is 6.21 Å². The summed E-state index contributed by atoms with van der Waals surface area (Å²) in [6.07, 6.45) is -5.05. The van der Waals surface area contributed by atoms with Crippen LogP contribution in [0.1, 0.15) is 20.8 Å². The van der Waals surface area contributed by atoms with Crippen LogP contribution in [-0.4, -0.2) is 21.9 Å². The molecule has 90 valence electrons. The molecule has 0 saturated heterocycles. The molecule has 0 N–H and O–H groups in total. The summed E-state index contributed by atoms with van der Waals surface area (Å²) in [5, 5.41) is -5.31. The zero-order chi connectivity index (χ0) is 12.5. The van der Waals surface area contributed by atoms with Gasteiger partial charge in [-0.2, -0.15) is 26.3 Å². The van der Waals surface area contributed by atoms with Crippen molar-refractivity contribution in [3.8, 4) is 0 Å². The Hall–Kier alpha value is -0.530. The van der Waals surface area contributed by atoms with Crippen LogP contribution in [0.3, 0.4) is 0 Å². The van der Waals surface area contributed by atoms with Gasteiger partial charge >= 0.3 is 11.4 Å². The fraction of sp³-hybridized carbons (Fsp3) is 0.857. The van der Waals surface area contributed by atoms with Gasteiger partial charge in [0.15, 0.2) is 0 Å². The molecule has 2 nitrogen and oxygen atoms in total. The monoisotopic (exact) mass is 251 g/mol. The van der Waals surface area contributed by atoms with Crippen molar-refractivity contribution in [2.24, 2.45) is 9.81 Å². The van der Waals surface area contributed by atoms with Crippen molar-refractivity contribution in [1.82, 2.24) is 0 Å². The van der Waals surface area contributed by atoms with Gasteiger partial charge in [-0.05, 0) is 5.41 Å². The largest absolute Gasteiger partial charge is 0.468 e. The van der Waals surface area contributed by atoms with Gasteiger partial charge in [0.25, 0.3) is 0 Å². The molecule has 1 atom stereocenters. The number of nitrogens with zero attached hydrogens (tertiary/aromatic N) is 1. The molecule has 0 aliphatic heterocycles. The van der Waals surface area contributed by atoms with Gasteiger partial charge in [-0.15, -0.1) is 0 Å². The minimum absolute atomic E-state index is 0.711. The number of hydrogen-bond donors (Lipinski definition) is 0. The lowest BCUT2D eigenvalue weighted by Gasteiger charge is -2.16. The summed E-state index contributed by atoms with van der Waals surface area (Å²) in [5.41, 5.74) is -0.711. The average Bonchev–Trinajstić information content (AvgIpc) is 1.96. The van der Waals surface area contributed by atoms with E-state index in [1.165, 1.54) is 20.8 Å². The van der Waals surface area contributed by atoms with Crippen molar-refractivity contribution in [2.45, 2.75) is 32.2 Å². The predicted molar refractivity (Wildman–Crippen MR) is 47.1 cm³/mol. The Kier molecular flexibility index (Phi) is 4.00. The molecule has 0 amide bonds. The van der Waals surface area contributed by atoms with Crippen molar-refractivity contribution in [1.29, 1.82) is 0 Å². The number of halogens is 5. The van der Waals surface area contributed by atoms with Crippen LogP contribution in [0, 0.1) is 5.41 Å². The third kappa shape index (κ3) is 4.23. The van der Waals surface area contributed by atoms with Crippen LogP contribution in [0.4, 0.5) is 22.0 Å². The van der Waals surface area contributed by atoms with Crippen LogP contribution >= 0.6 is 0 Å². The van der Waals surface area contributed by atoms with E-state index in [2.05, 4.69) is 4.40 Å². The highest BCUT2D eigenvalue weighted by Crippen LogP contribution is 2.38. The van der Waals surface area contributed by atoms with E-state index in [0.717, 1.165) is 6.21 Å². The topological polar surface area (TPSA) is 29.4 Å². The van der Waals surface area contributed by atoms with E-state index in [4.69, 9.17) is 0 Å². The molecule has 0 bridgehead atoms. The summed E-state index contributed by atoms with van der Waals surface area (Å²) in [6.45, 7) is 4.58. The molecule has 0 aromatic carbocycles. The maximum Gasteiger partial charge on any atom is 0.468 e. The van der Waals surface area contributed by atoms with Crippen LogP contribution in [0.2, 0.25) is 0 Å². The lowest BCUT2D eigenvalue weighted by Crippen LogP contribution is -2.39. The van der Waals surface area contributed by atoms with Gasteiger partial charge in [-0.1, -0.05) is 20.8 Å². The Labute approximate surface area is 86.2 Å². The van der Waals surface area contributed by atoms with Crippen LogP contribution in [0.25, 0.3) is 0 Å². The van der Waals surface area contributed by atoms with E-state index in [0.29, 0.717) is 0 Å². The summed E-state index contributed by atoms with van der Waals surface area (Å²) >= 11 is 0. The maximum absolute atomic E-state index is 12.4. The SMILES string of the molecule is CC(C)(C)/C=N/S(=O)C(F)(F)C(F)(F)F. The van der Waals surface area contributed by atoms with Crippen molar-refractivity contribution in [3.05, 3.63) is 0 Å². The van der Waals surface area contributed by atoms with E-state index in [-0.39, 0.29) is 0 Å². The third-order valence-electron chi connectivity index (χ3n) is 1.09. The molecule has 1 unspecified atom stereocenters. The highest BCUT2D eigenvalue weighted by molar-refractivity contribution is 7.85. The second-order valence-electron chi connectivity index (χ2n) is 3.86. The molecular weight excluding hydrogens is 241 g/mol. The molecule has 0 fully saturated rings. The van der Waals surface area contributed by atoms with Crippen LogP contribution in [-0.2, 0) is 11.0 Å². The normalized spacial score (nSPS) is 17.1. The minimum atomic E-state index is -5.85. The van der Waals surface area contributed by atoms with Crippen molar-refractivity contribution in [2.75, 3.05) is 0 Å². The van der Waals surface area contributed by atoms with Gasteiger partial charge < -0.3 is 0 Å². The molecule has 0 radical (unpaired) electrons. The van der Waals surface area contributed by atoms with Crippen molar-refractivity contribution in [3.63, 3.8) is 0 Å². The first kappa shape index (κ1) is 14.5. The van der Waals surface area contributed by atoms with E-state index < -0.39 is 27.8 Å². The summed E-state index contributed by atoms with van der Waals surface area (Å²) < 4.78 is 73.1. The van der Waals surface area contributed by atoms with E-state index >= 15 is 0 Å². The van der Waals surface area contributed by atoms with Gasteiger partial charge in [0.05, 0.1) is 0 Å². The zero-order valence-electron chi connectivity index (χ0n) is 8.23. The second-order valence-corrected chi connectivity index (χ2v) is 5.09. The Morgan fingerprint density at radius 3 is 1.73 bits per heavy atom. The average molecular weight is 251 g/mol. The second kappa shape index (κ2) is 4.15. The molecule has 15 heavy (non-hydrogen) atoms. The third-order valence-corrected chi connectivity index (χ3v) is 2.05. The molecule has 0 heterocycles. The highest BCUT2D eigenvalue weighted by atomic mass is 32.2. The summed E-state index contributed by atoms with van der Waals surface area (Å²) in [7, 11) is -3.64. The summed E-state index contributed by atoms with van der Waals surface area (Å²) in [4.78, 5) is 0. The highest BCUT2D eigenvalue weighted by Gasteiger charge is 2.63. The fourth-order valence-electron chi connectivity index (χ4n) is 0.371. The van der Waals surface area contributed by atoms with Crippen molar-refractivity contribution < 1.29 is 26.2 Å². The lowest BCUT2D eigenvalue weighted by atomic mass is 10.00. The molecule has 0 spiro atoms. The van der Waals surface area contributed by atoms with E-state index in [9.17, 15) is 26.2 Å². The Morgan fingerprint density at radius 1 is 1.07 bits per heavy atom. The number of rotatable bonds is 2. The minimum Gasteiger partial charge on any atom is -0.228 e. The van der Waals surface area contributed by atoms with E-state index in [1.54, 1.807) is 0 Å². The molecule has 0 aromatic rings. The lowest BCUT2D eigenvalue weighted by molar-refractivity contribution is -0.239. The Bertz CT molecular complexity index is 278. The van der Waals surface area contributed by atoms with Gasteiger partial charge in [0.2, 0.25) is 11.0 Å².